The average Bonchev–Trinajstić information content (AvgIpc) is 2.28. The van der Waals surface area contributed by atoms with Crippen molar-refractivity contribution >= 4 is 0 Å². The number of rotatable bonds is 4. The molecule has 1 unspecified atom stereocenters. The topological polar surface area (TPSA) is 55.5 Å². The number of hydrogen-bond donors (Lipinski definition) is 2. The van der Waals surface area contributed by atoms with Gasteiger partial charge in [-0.1, -0.05) is 12.1 Å². The molecule has 5 heteroatoms. The molecule has 15 heavy (non-hydrogen) atoms. The molecule has 0 spiro atoms. The van der Waals surface area contributed by atoms with Gasteiger partial charge in [0.25, 0.3) is 5.92 Å². The highest BCUT2D eigenvalue weighted by Gasteiger charge is 2.37. The lowest BCUT2D eigenvalue weighted by atomic mass is 10.0. The number of aliphatic hydroxyl groups excluding tert-OH is 1. The molecular formula is C10H13F2NO2. The van der Waals surface area contributed by atoms with Crippen LogP contribution in [0.25, 0.3) is 0 Å². The first-order chi connectivity index (χ1) is 7.01. The second-order valence-corrected chi connectivity index (χ2v) is 3.17. The lowest BCUT2D eigenvalue weighted by Gasteiger charge is -2.21. The summed E-state index contributed by atoms with van der Waals surface area (Å²) in [7, 11) is 1.44. The van der Waals surface area contributed by atoms with Crippen LogP contribution in [0.15, 0.2) is 24.3 Å². The molecule has 1 rings (SSSR count). The van der Waals surface area contributed by atoms with Crippen LogP contribution in [0.3, 0.4) is 0 Å². The van der Waals surface area contributed by atoms with E-state index in [9.17, 15) is 8.78 Å². The summed E-state index contributed by atoms with van der Waals surface area (Å²) in [5.41, 5.74) is 5.57. The molecular weight excluding hydrogens is 204 g/mol. The molecule has 84 valence electrons. The van der Waals surface area contributed by atoms with Crippen LogP contribution in [0.2, 0.25) is 0 Å². The highest BCUT2D eigenvalue weighted by atomic mass is 19.3. The molecule has 1 atom stereocenters. The molecule has 0 heterocycles. The lowest BCUT2D eigenvalue weighted by molar-refractivity contribution is -0.0712. The first kappa shape index (κ1) is 11.9. The molecule has 3 nitrogen and oxygen atoms in total. The number of ether oxygens (including phenoxy) is 1. The maximum Gasteiger partial charge on any atom is 0.289 e. The quantitative estimate of drug-likeness (QED) is 0.799. The summed E-state index contributed by atoms with van der Waals surface area (Å²) in [6.45, 7) is -1.27. The third-order valence-corrected chi connectivity index (χ3v) is 2.12. The van der Waals surface area contributed by atoms with E-state index in [1.54, 1.807) is 12.1 Å². The van der Waals surface area contributed by atoms with E-state index in [4.69, 9.17) is 15.6 Å². The molecule has 3 N–H and O–H groups in total. The maximum atomic E-state index is 13.1. The van der Waals surface area contributed by atoms with Gasteiger partial charge < -0.3 is 15.6 Å². The predicted octanol–water partition coefficient (Wildman–Crippen LogP) is 1.32. The van der Waals surface area contributed by atoms with Gasteiger partial charge in [-0.2, -0.15) is 0 Å². The Morgan fingerprint density at radius 3 is 2.73 bits per heavy atom. The Kier molecular flexibility index (Phi) is 3.60. The van der Waals surface area contributed by atoms with E-state index in [2.05, 4.69) is 0 Å². The fourth-order valence-electron chi connectivity index (χ4n) is 1.18. The molecule has 0 aliphatic rings. The van der Waals surface area contributed by atoms with Crippen molar-refractivity contribution in [2.75, 3.05) is 13.7 Å². The Balaban J connectivity index is 2.95. The van der Waals surface area contributed by atoms with Crippen molar-refractivity contribution < 1.29 is 18.6 Å². The number of halogens is 2. The van der Waals surface area contributed by atoms with Gasteiger partial charge in [0.1, 0.15) is 12.4 Å². The first-order valence-electron chi connectivity index (χ1n) is 4.39. The zero-order valence-electron chi connectivity index (χ0n) is 8.28. The number of nitrogens with two attached hydrogens (primary N) is 1. The molecule has 0 aromatic heterocycles. The van der Waals surface area contributed by atoms with E-state index >= 15 is 0 Å². The zero-order chi connectivity index (χ0) is 11.5. The van der Waals surface area contributed by atoms with Crippen molar-refractivity contribution in [2.24, 2.45) is 5.73 Å². The van der Waals surface area contributed by atoms with Crippen LogP contribution >= 0.6 is 0 Å². The average molecular weight is 217 g/mol. The van der Waals surface area contributed by atoms with Crippen molar-refractivity contribution in [1.82, 2.24) is 0 Å². The summed E-state index contributed by atoms with van der Waals surface area (Å²) >= 11 is 0. The highest BCUT2D eigenvalue weighted by molar-refractivity contribution is 5.31. The van der Waals surface area contributed by atoms with E-state index in [1.807, 2.05) is 0 Å². The third-order valence-electron chi connectivity index (χ3n) is 2.12. The largest absolute Gasteiger partial charge is 0.497 e. The van der Waals surface area contributed by atoms with Gasteiger partial charge in [0.2, 0.25) is 0 Å². The monoisotopic (exact) mass is 217 g/mol. The Labute approximate surface area is 86.5 Å². The van der Waals surface area contributed by atoms with Gasteiger partial charge in [0.15, 0.2) is 0 Å². The first-order valence-corrected chi connectivity index (χ1v) is 4.39. The smallest absolute Gasteiger partial charge is 0.289 e. The number of hydrogen-bond acceptors (Lipinski definition) is 3. The minimum atomic E-state index is -3.33. The zero-order valence-corrected chi connectivity index (χ0v) is 8.28. The molecule has 0 aliphatic heterocycles. The maximum absolute atomic E-state index is 13.1. The molecule has 1 aromatic rings. The van der Waals surface area contributed by atoms with Gasteiger partial charge in [0.05, 0.1) is 13.2 Å². The highest BCUT2D eigenvalue weighted by Crippen LogP contribution is 2.30. The van der Waals surface area contributed by atoms with E-state index in [1.165, 1.54) is 19.2 Å². The number of aliphatic hydroxyl groups is 1. The van der Waals surface area contributed by atoms with Crippen molar-refractivity contribution in [3.05, 3.63) is 29.8 Å². The minimum Gasteiger partial charge on any atom is -0.497 e. The summed E-state index contributed by atoms with van der Waals surface area (Å²) in [5.74, 6) is -2.87. The van der Waals surface area contributed by atoms with E-state index < -0.39 is 18.6 Å². The second kappa shape index (κ2) is 4.55. The molecule has 0 bridgehead atoms. The molecule has 0 saturated carbocycles. The molecule has 0 amide bonds. The summed E-state index contributed by atoms with van der Waals surface area (Å²) in [6.07, 6.45) is 0. The van der Waals surface area contributed by atoms with Crippen molar-refractivity contribution in [3.63, 3.8) is 0 Å². The molecule has 0 aliphatic carbocycles. The molecule has 1 aromatic carbocycles. The second-order valence-electron chi connectivity index (χ2n) is 3.17. The van der Waals surface area contributed by atoms with Crippen LogP contribution < -0.4 is 10.5 Å². The van der Waals surface area contributed by atoms with Gasteiger partial charge in [-0.15, -0.1) is 0 Å². The fraction of sp³-hybridized carbons (Fsp3) is 0.400. The predicted molar refractivity (Wildman–Crippen MR) is 52.0 cm³/mol. The SMILES string of the molecule is COc1cccc(C(N)C(F)(F)CO)c1. The Hall–Kier alpha value is -1.20. The Morgan fingerprint density at radius 2 is 2.20 bits per heavy atom. The standard InChI is InChI=1S/C10H13F2NO2/c1-15-8-4-2-3-7(5-8)9(13)10(11,12)6-14/h2-5,9,14H,6,13H2,1H3. The summed E-state index contributed by atoms with van der Waals surface area (Å²) in [6, 6.07) is 4.57. The summed E-state index contributed by atoms with van der Waals surface area (Å²) < 4.78 is 31.0. The van der Waals surface area contributed by atoms with Crippen molar-refractivity contribution in [2.45, 2.75) is 12.0 Å². The minimum absolute atomic E-state index is 0.230. The van der Waals surface area contributed by atoms with Gasteiger partial charge in [0, 0.05) is 0 Å². The van der Waals surface area contributed by atoms with Gasteiger partial charge in [-0.05, 0) is 17.7 Å². The van der Waals surface area contributed by atoms with Crippen molar-refractivity contribution in [1.29, 1.82) is 0 Å². The summed E-state index contributed by atoms with van der Waals surface area (Å²) in [4.78, 5) is 0. The van der Waals surface area contributed by atoms with Crippen LogP contribution in [0, 0.1) is 0 Å². The van der Waals surface area contributed by atoms with Crippen LogP contribution in [-0.4, -0.2) is 24.7 Å². The Morgan fingerprint density at radius 1 is 1.53 bits per heavy atom. The van der Waals surface area contributed by atoms with Crippen LogP contribution in [0.1, 0.15) is 11.6 Å². The van der Waals surface area contributed by atoms with E-state index in [0.29, 0.717) is 5.75 Å². The van der Waals surface area contributed by atoms with Crippen LogP contribution in [0.4, 0.5) is 8.78 Å². The number of benzene rings is 1. The van der Waals surface area contributed by atoms with Gasteiger partial charge in [-0.3, -0.25) is 0 Å². The van der Waals surface area contributed by atoms with Gasteiger partial charge >= 0.3 is 0 Å². The number of methoxy groups -OCH3 is 1. The lowest BCUT2D eigenvalue weighted by Crippen LogP contribution is -2.36. The van der Waals surface area contributed by atoms with E-state index in [0.717, 1.165) is 0 Å². The van der Waals surface area contributed by atoms with Crippen LogP contribution in [-0.2, 0) is 0 Å². The summed E-state index contributed by atoms with van der Waals surface area (Å²) in [5, 5.41) is 8.49. The van der Waals surface area contributed by atoms with E-state index in [-0.39, 0.29) is 5.56 Å². The molecule has 0 saturated heterocycles. The fourth-order valence-corrected chi connectivity index (χ4v) is 1.18. The number of alkyl halides is 2. The van der Waals surface area contributed by atoms with Gasteiger partial charge in [-0.25, -0.2) is 8.78 Å². The van der Waals surface area contributed by atoms with Crippen LogP contribution in [0.5, 0.6) is 5.75 Å². The molecule has 0 radical (unpaired) electrons. The normalized spacial score (nSPS) is 13.7. The third kappa shape index (κ3) is 2.64. The Bertz CT molecular complexity index is 331. The van der Waals surface area contributed by atoms with Crippen molar-refractivity contribution in [3.8, 4) is 5.75 Å². The molecule has 0 fully saturated rings.